The van der Waals surface area contributed by atoms with Gasteiger partial charge in [-0.05, 0) is 24.3 Å². The highest BCUT2D eigenvalue weighted by Crippen LogP contribution is 2.43. The molecule has 6 nitrogen and oxygen atoms in total. The van der Waals surface area contributed by atoms with Crippen LogP contribution in [0.1, 0.15) is 28.3 Å². The highest BCUT2D eigenvalue weighted by molar-refractivity contribution is 9.10. The maximum absolute atomic E-state index is 13.6. The monoisotopic (exact) mass is 466 g/mol. The van der Waals surface area contributed by atoms with Crippen molar-refractivity contribution in [1.82, 2.24) is 0 Å². The number of halogens is 1. The highest BCUT2D eigenvalue weighted by atomic mass is 79.9. The lowest BCUT2D eigenvalue weighted by Crippen LogP contribution is -2.42. The fraction of sp³-hybridized carbons (Fsp3) is 0.174. The van der Waals surface area contributed by atoms with Crippen LogP contribution in [0.25, 0.3) is 0 Å². The van der Waals surface area contributed by atoms with Crippen molar-refractivity contribution in [3.63, 3.8) is 0 Å². The van der Waals surface area contributed by atoms with E-state index in [1.165, 1.54) is 6.07 Å². The minimum Gasteiger partial charge on any atom is -0.374 e. The summed E-state index contributed by atoms with van der Waals surface area (Å²) in [6.07, 6.45) is -0.738. The second-order valence-electron chi connectivity index (χ2n) is 7.20. The molecule has 4 rings (SSSR count). The van der Waals surface area contributed by atoms with Gasteiger partial charge < -0.3 is 10.0 Å². The number of aliphatic hydroxyl groups is 1. The minimum atomic E-state index is -0.950. The zero-order valence-corrected chi connectivity index (χ0v) is 17.5. The Bertz CT molecular complexity index is 1070. The average molecular weight is 467 g/mol. The molecule has 0 saturated carbocycles. The van der Waals surface area contributed by atoms with Crippen LogP contribution in [0, 0.1) is 10.1 Å². The van der Waals surface area contributed by atoms with Gasteiger partial charge in [-0.1, -0.05) is 64.5 Å². The summed E-state index contributed by atoms with van der Waals surface area (Å²) in [6, 6.07) is 21.8. The van der Waals surface area contributed by atoms with Crippen molar-refractivity contribution < 1.29 is 14.8 Å². The number of nitro benzene ring substituents is 1. The maximum atomic E-state index is 13.6. The molecule has 3 aromatic rings. The third-order valence-corrected chi connectivity index (χ3v) is 5.98. The van der Waals surface area contributed by atoms with Gasteiger partial charge in [-0.25, -0.2) is 0 Å². The van der Waals surface area contributed by atoms with Gasteiger partial charge in [0, 0.05) is 39.7 Å². The lowest BCUT2D eigenvalue weighted by Gasteiger charge is -2.31. The summed E-state index contributed by atoms with van der Waals surface area (Å²) in [7, 11) is 0. The van der Waals surface area contributed by atoms with Gasteiger partial charge >= 0.3 is 0 Å². The number of rotatable bonds is 5. The van der Waals surface area contributed by atoms with Crippen LogP contribution in [0.15, 0.2) is 83.3 Å². The van der Waals surface area contributed by atoms with Crippen LogP contribution >= 0.6 is 15.9 Å². The van der Waals surface area contributed by atoms with Gasteiger partial charge in [-0.2, -0.15) is 0 Å². The summed E-state index contributed by atoms with van der Waals surface area (Å²) < 4.78 is 0.876. The number of para-hydroxylation sites is 1. The molecule has 30 heavy (non-hydrogen) atoms. The fourth-order valence-corrected chi connectivity index (χ4v) is 4.41. The molecule has 0 aromatic heterocycles. The molecule has 3 aromatic carbocycles. The van der Waals surface area contributed by atoms with E-state index in [0.717, 1.165) is 4.47 Å². The van der Waals surface area contributed by atoms with Crippen molar-refractivity contribution in [2.24, 2.45) is 0 Å². The van der Waals surface area contributed by atoms with E-state index in [9.17, 15) is 20.0 Å². The van der Waals surface area contributed by atoms with Crippen molar-refractivity contribution in [2.75, 3.05) is 4.90 Å². The number of ketones is 1. The van der Waals surface area contributed by atoms with Gasteiger partial charge in [-0.15, -0.1) is 0 Å². The van der Waals surface area contributed by atoms with Crippen LogP contribution in [-0.2, 0) is 0 Å². The van der Waals surface area contributed by atoms with Crippen molar-refractivity contribution in [2.45, 2.75) is 24.6 Å². The predicted molar refractivity (Wildman–Crippen MR) is 118 cm³/mol. The number of carbonyl (C=O) groups excluding carboxylic acids is 1. The van der Waals surface area contributed by atoms with Gasteiger partial charge in [0.05, 0.1) is 4.92 Å². The van der Waals surface area contributed by atoms with Crippen LogP contribution in [0.5, 0.6) is 0 Å². The summed E-state index contributed by atoms with van der Waals surface area (Å²) in [4.78, 5) is 26.4. The zero-order valence-electron chi connectivity index (χ0n) is 15.9. The largest absolute Gasteiger partial charge is 0.374 e. The number of nitro groups is 1. The SMILES string of the molecule is O=C(c1ccccc1)[C@H]1[C@H](c2ccccc2[N+](=O)[O-])C[C@@H](O)N1c1ccc(Br)cc1. The first-order valence-electron chi connectivity index (χ1n) is 9.52. The Kier molecular flexibility index (Phi) is 5.65. The van der Waals surface area contributed by atoms with Gasteiger partial charge in [0.15, 0.2) is 5.78 Å². The van der Waals surface area contributed by atoms with Gasteiger partial charge in [-0.3, -0.25) is 14.9 Å². The molecule has 1 heterocycles. The van der Waals surface area contributed by atoms with Crippen LogP contribution in [0.2, 0.25) is 0 Å². The number of carbonyl (C=O) groups is 1. The summed E-state index contributed by atoms with van der Waals surface area (Å²) in [6.45, 7) is 0. The van der Waals surface area contributed by atoms with E-state index in [1.54, 1.807) is 47.4 Å². The molecule has 1 N–H and O–H groups in total. The third kappa shape index (κ3) is 3.74. The molecule has 7 heteroatoms. The Balaban J connectivity index is 1.85. The number of hydrogen-bond acceptors (Lipinski definition) is 5. The van der Waals surface area contributed by atoms with Crippen LogP contribution in [-0.4, -0.2) is 28.1 Å². The average Bonchev–Trinajstić information content (AvgIpc) is 3.11. The topological polar surface area (TPSA) is 83.7 Å². The predicted octanol–water partition coefficient (Wildman–Crippen LogP) is 4.92. The van der Waals surface area contributed by atoms with E-state index in [0.29, 0.717) is 16.8 Å². The first kappa shape index (κ1) is 20.3. The first-order chi connectivity index (χ1) is 14.5. The molecule has 0 amide bonds. The van der Waals surface area contributed by atoms with E-state index in [1.807, 2.05) is 30.3 Å². The Labute approximate surface area is 182 Å². The standard InChI is InChI=1S/C23H19BrN2O4/c24-16-10-12-17(13-11-16)25-21(27)14-19(18-8-4-5-9-20(18)26(29)30)22(25)23(28)15-6-2-1-3-7-15/h1-13,19,21-22,27H,14H2/t19-,21+,22+/m0/s1. The Morgan fingerprint density at radius 3 is 2.30 bits per heavy atom. The van der Waals surface area contributed by atoms with E-state index in [-0.39, 0.29) is 17.9 Å². The highest BCUT2D eigenvalue weighted by Gasteiger charge is 2.47. The molecule has 0 radical (unpaired) electrons. The molecule has 1 saturated heterocycles. The number of aliphatic hydroxyl groups excluding tert-OH is 1. The molecule has 0 unspecified atom stereocenters. The third-order valence-electron chi connectivity index (χ3n) is 5.45. The van der Waals surface area contributed by atoms with Gasteiger partial charge in [0.25, 0.3) is 5.69 Å². The first-order valence-corrected chi connectivity index (χ1v) is 10.3. The lowest BCUT2D eigenvalue weighted by atomic mass is 9.86. The Hall–Kier alpha value is -3.03. The van der Waals surface area contributed by atoms with Crippen molar-refractivity contribution >= 4 is 33.1 Å². The minimum absolute atomic E-state index is 0.0433. The molecule has 0 bridgehead atoms. The van der Waals surface area contributed by atoms with E-state index >= 15 is 0 Å². The number of anilines is 1. The quantitative estimate of drug-likeness (QED) is 0.327. The molecule has 1 aliphatic heterocycles. The summed E-state index contributed by atoms with van der Waals surface area (Å²) in [5.74, 6) is -0.712. The summed E-state index contributed by atoms with van der Waals surface area (Å²) >= 11 is 3.40. The van der Waals surface area contributed by atoms with Crippen molar-refractivity contribution in [3.05, 3.63) is 105 Å². The van der Waals surface area contributed by atoms with Crippen LogP contribution in [0.3, 0.4) is 0 Å². The van der Waals surface area contributed by atoms with Crippen LogP contribution in [0.4, 0.5) is 11.4 Å². The second-order valence-corrected chi connectivity index (χ2v) is 8.11. The molecular formula is C23H19BrN2O4. The lowest BCUT2D eigenvalue weighted by molar-refractivity contribution is -0.385. The zero-order chi connectivity index (χ0) is 21.3. The molecule has 1 fully saturated rings. The number of hydrogen-bond donors (Lipinski definition) is 1. The van der Waals surface area contributed by atoms with Crippen molar-refractivity contribution in [3.8, 4) is 0 Å². The molecule has 1 aliphatic rings. The Morgan fingerprint density at radius 1 is 1.00 bits per heavy atom. The number of Topliss-reactive ketones (excluding diaryl/α,β-unsaturated/α-hetero) is 1. The molecule has 3 atom stereocenters. The normalized spacial score (nSPS) is 20.9. The summed E-state index contributed by atoms with van der Waals surface area (Å²) in [5, 5.41) is 22.6. The number of nitrogens with zero attached hydrogens (tertiary/aromatic N) is 2. The van der Waals surface area contributed by atoms with Crippen molar-refractivity contribution in [1.29, 1.82) is 0 Å². The molecule has 0 spiro atoms. The van der Waals surface area contributed by atoms with E-state index < -0.39 is 23.1 Å². The van der Waals surface area contributed by atoms with E-state index in [4.69, 9.17) is 0 Å². The summed E-state index contributed by atoms with van der Waals surface area (Å²) in [5.41, 5.74) is 1.59. The van der Waals surface area contributed by atoms with Gasteiger partial charge in [0.2, 0.25) is 0 Å². The smallest absolute Gasteiger partial charge is 0.272 e. The van der Waals surface area contributed by atoms with E-state index in [2.05, 4.69) is 15.9 Å². The molecular weight excluding hydrogens is 448 g/mol. The molecule has 0 aliphatic carbocycles. The second kappa shape index (κ2) is 8.38. The maximum Gasteiger partial charge on any atom is 0.272 e. The van der Waals surface area contributed by atoms with Crippen LogP contribution < -0.4 is 4.90 Å². The molecule has 152 valence electrons. The fourth-order valence-electron chi connectivity index (χ4n) is 4.14. The van der Waals surface area contributed by atoms with Gasteiger partial charge in [0.1, 0.15) is 12.3 Å². The Morgan fingerprint density at radius 2 is 1.63 bits per heavy atom. The number of benzene rings is 3.